The molecule has 2 atom stereocenters. The third-order valence-corrected chi connectivity index (χ3v) is 8.40. The zero-order valence-corrected chi connectivity index (χ0v) is 31.5. The third-order valence-electron chi connectivity index (χ3n) is 8.14. The Kier molecular flexibility index (Phi) is 15.7. The van der Waals surface area contributed by atoms with Gasteiger partial charge in [0.2, 0.25) is 23.5 Å². The highest BCUT2D eigenvalue weighted by Crippen LogP contribution is 2.25. The van der Waals surface area contributed by atoms with Crippen molar-refractivity contribution in [2.24, 2.45) is 5.92 Å². The van der Waals surface area contributed by atoms with E-state index in [4.69, 9.17) is 16.3 Å². The molecule has 2 aromatic carbocycles. The lowest BCUT2D eigenvalue weighted by atomic mass is 10.0. The summed E-state index contributed by atoms with van der Waals surface area (Å²) in [5.74, 6) is -3.37. The molecule has 4 N–H and O–H groups in total. The summed E-state index contributed by atoms with van der Waals surface area (Å²) in [5.41, 5.74) is 0.493. The van der Waals surface area contributed by atoms with E-state index in [-0.39, 0.29) is 43.1 Å². The number of piperazine rings is 1. The first-order chi connectivity index (χ1) is 24.6. The minimum Gasteiger partial charge on any atom is -0.444 e. The van der Waals surface area contributed by atoms with E-state index in [1.54, 1.807) is 88.0 Å². The number of benzene rings is 2. The molecule has 0 bridgehead atoms. The lowest BCUT2D eigenvalue weighted by Crippen LogP contribution is -2.63. The number of carbonyl (C=O) groups excluding carboxylic acids is 6. The van der Waals surface area contributed by atoms with Crippen molar-refractivity contribution in [1.29, 1.82) is 0 Å². The molecule has 5 amide bonds. The molecule has 1 aliphatic rings. The number of hydrogen-bond acceptors (Lipinski definition) is 8. The third kappa shape index (κ3) is 13.0. The second kappa shape index (κ2) is 19.6. The molecule has 1 fully saturated rings. The van der Waals surface area contributed by atoms with Crippen LogP contribution in [-0.4, -0.2) is 84.3 Å². The molecule has 14 heteroatoms. The van der Waals surface area contributed by atoms with E-state index in [2.05, 4.69) is 21.3 Å². The van der Waals surface area contributed by atoms with Gasteiger partial charge < -0.3 is 35.8 Å². The van der Waals surface area contributed by atoms with E-state index in [1.165, 1.54) is 4.90 Å². The minimum absolute atomic E-state index is 0.0602. The fourth-order valence-corrected chi connectivity index (χ4v) is 5.61. The first-order valence-electron chi connectivity index (χ1n) is 17.5. The van der Waals surface area contributed by atoms with Crippen LogP contribution >= 0.6 is 11.6 Å². The van der Waals surface area contributed by atoms with E-state index in [0.29, 0.717) is 29.2 Å². The van der Waals surface area contributed by atoms with Gasteiger partial charge >= 0.3 is 6.09 Å². The van der Waals surface area contributed by atoms with Gasteiger partial charge in [-0.05, 0) is 89.3 Å². The van der Waals surface area contributed by atoms with Crippen LogP contribution in [0, 0.1) is 5.92 Å². The predicted octanol–water partition coefficient (Wildman–Crippen LogP) is 5.31. The molecule has 1 aliphatic heterocycles. The lowest BCUT2D eigenvalue weighted by Gasteiger charge is -2.43. The lowest BCUT2D eigenvalue weighted by molar-refractivity contribution is -0.137. The van der Waals surface area contributed by atoms with Crippen molar-refractivity contribution in [3.8, 4) is 0 Å². The molecular weight excluding hydrogens is 688 g/mol. The van der Waals surface area contributed by atoms with E-state index in [1.807, 2.05) is 19.1 Å². The maximum Gasteiger partial charge on any atom is 0.408 e. The molecule has 0 aliphatic carbocycles. The van der Waals surface area contributed by atoms with Gasteiger partial charge in [0.05, 0.1) is 24.5 Å². The second-order valence-electron chi connectivity index (χ2n) is 13.8. The number of rotatable bonds is 15. The molecule has 13 nitrogen and oxygen atoms in total. The largest absolute Gasteiger partial charge is 0.444 e. The molecule has 3 rings (SSSR count). The van der Waals surface area contributed by atoms with Gasteiger partial charge in [0.25, 0.3) is 5.91 Å². The highest BCUT2D eigenvalue weighted by Gasteiger charge is 2.38. The maximum absolute atomic E-state index is 13.8. The zero-order valence-electron chi connectivity index (χ0n) is 30.8. The Labute approximate surface area is 310 Å². The summed E-state index contributed by atoms with van der Waals surface area (Å²) in [5, 5.41) is 11.1. The summed E-state index contributed by atoms with van der Waals surface area (Å²) in [6.45, 7) is 10.5. The first kappa shape index (κ1) is 41.5. The Hall–Kier alpha value is -4.91. The van der Waals surface area contributed by atoms with Gasteiger partial charge in [0.1, 0.15) is 17.7 Å². The number of Topliss-reactive ketones (excluding diaryl/α,β-unsaturated/α-hetero) is 1. The molecule has 2 aromatic rings. The van der Waals surface area contributed by atoms with E-state index in [0.717, 1.165) is 12.8 Å². The summed E-state index contributed by atoms with van der Waals surface area (Å²) in [6, 6.07) is 11.5. The highest BCUT2D eigenvalue weighted by molar-refractivity contribution is 6.42. The molecular formula is C38H51ClN6O7. The minimum atomic E-state index is -0.976. The number of nitrogens with zero attached hydrogens (tertiary/aromatic N) is 2. The first-order valence-corrected chi connectivity index (χ1v) is 17.9. The van der Waals surface area contributed by atoms with Gasteiger partial charge in [-0.2, -0.15) is 0 Å². The number of ketones is 1. The average molecular weight is 739 g/mol. The monoisotopic (exact) mass is 738 g/mol. The summed E-state index contributed by atoms with van der Waals surface area (Å²) in [7, 11) is 0. The number of halogens is 1. The quantitative estimate of drug-likeness (QED) is 0.109. The molecule has 0 radical (unpaired) electrons. The van der Waals surface area contributed by atoms with Crippen LogP contribution in [0.4, 0.5) is 21.9 Å². The van der Waals surface area contributed by atoms with Gasteiger partial charge in [-0.25, -0.2) is 4.79 Å². The van der Waals surface area contributed by atoms with Crippen molar-refractivity contribution >= 4 is 64.2 Å². The Morgan fingerprint density at radius 1 is 0.942 bits per heavy atom. The number of allylic oxidation sites excluding steroid dienone is 2. The van der Waals surface area contributed by atoms with Crippen molar-refractivity contribution in [1.82, 2.24) is 15.5 Å². The predicted molar refractivity (Wildman–Crippen MR) is 202 cm³/mol. The van der Waals surface area contributed by atoms with E-state index < -0.39 is 47.9 Å². The fraction of sp³-hybridized carbons (Fsp3) is 0.474. The molecule has 52 heavy (non-hydrogen) atoms. The van der Waals surface area contributed by atoms with Gasteiger partial charge in [-0.15, -0.1) is 0 Å². The number of carbonyl (C=O) groups is 6. The van der Waals surface area contributed by atoms with Crippen molar-refractivity contribution in [3.05, 3.63) is 65.7 Å². The number of hydrogen-bond donors (Lipinski definition) is 4. The fourth-order valence-electron chi connectivity index (χ4n) is 5.48. The average Bonchev–Trinajstić information content (AvgIpc) is 3.09. The molecule has 1 saturated heterocycles. The van der Waals surface area contributed by atoms with Crippen LogP contribution in [0.2, 0.25) is 5.02 Å². The van der Waals surface area contributed by atoms with E-state index in [9.17, 15) is 28.8 Å². The van der Waals surface area contributed by atoms with Gasteiger partial charge in [0, 0.05) is 30.2 Å². The van der Waals surface area contributed by atoms with E-state index >= 15 is 0 Å². The van der Waals surface area contributed by atoms with Crippen molar-refractivity contribution in [2.75, 3.05) is 41.7 Å². The van der Waals surface area contributed by atoms with Crippen LogP contribution in [0.1, 0.15) is 67.2 Å². The number of para-hydroxylation sites is 2. The van der Waals surface area contributed by atoms with Crippen LogP contribution in [0.15, 0.2) is 60.7 Å². The number of amides is 5. The second-order valence-corrected chi connectivity index (χ2v) is 14.3. The van der Waals surface area contributed by atoms with Crippen LogP contribution in [0.5, 0.6) is 0 Å². The summed E-state index contributed by atoms with van der Waals surface area (Å²) in [6.07, 6.45) is 6.04. The Morgan fingerprint density at radius 2 is 1.60 bits per heavy atom. The maximum atomic E-state index is 13.8. The molecule has 0 unspecified atom stereocenters. The van der Waals surface area contributed by atoms with Gasteiger partial charge in [-0.3, -0.25) is 24.0 Å². The SMILES string of the molecule is C/C=C/CCCCC(=O)Nc1ccccc1NC(=O)C(=O)CNC(=O)[C@H]1CN(C(=O)[C@H](NC(=O)OC(C)(C)C)C(C)C)CCN1c1ccc(Cl)cc1. The van der Waals surface area contributed by atoms with Crippen molar-refractivity contribution in [2.45, 2.75) is 84.9 Å². The summed E-state index contributed by atoms with van der Waals surface area (Å²) < 4.78 is 5.37. The van der Waals surface area contributed by atoms with Crippen LogP contribution in [0.25, 0.3) is 0 Å². The summed E-state index contributed by atoms with van der Waals surface area (Å²) >= 11 is 6.11. The van der Waals surface area contributed by atoms with Crippen LogP contribution in [0.3, 0.4) is 0 Å². The molecule has 0 aromatic heterocycles. The Balaban J connectivity index is 1.69. The van der Waals surface area contributed by atoms with Gasteiger partial charge in [-0.1, -0.05) is 49.7 Å². The number of alkyl carbamates (subject to hydrolysis) is 1. The highest BCUT2D eigenvalue weighted by atomic mass is 35.5. The van der Waals surface area contributed by atoms with Crippen LogP contribution < -0.4 is 26.2 Å². The number of anilines is 3. The number of ether oxygens (including phenoxy) is 1. The molecule has 0 spiro atoms. The van der Waals surface area contributed by atoms with Crippen molar-refractivity contribution < 1.29 is 33.5 Å². The Morgan fingerprint density at radius 3 is 2.21 bits per heavy atom. The normalized spacial score (nSPS) is 15.2. The molecule has 0 saturated carbocycles. The van der Waals surface area contributed by atoms with Gasteiger partial charge in [0.15, 0.2) is 0 Å². The number of unbranched alkanes of at least 4 members (excludes halogenated alkanes) is 2. The number of nitrogens with one attached hydrogen (secondary N) is 4. The standard InChI is InChI=1S/C38H51ClN6O7/c1-7-8-9-10-11-16-32(47)41-28-14-12-13-15-29(28)42-35(49)31(46)23-40-34(48)30-24-44(21-22-45(30)27-19-17-26(39)18-20-27)36(50)33(25(2)3)43-37(51)52-38(4,5)6/h7-8,12-15,17-20,25,30,33H,9-11,16,21-24H2,1-6H3,(H,40,48)(H,41,47)(H,42,49)(H,43,51)/b8-7+/t30-,33-/m1/s1. The van der Waals surface area contributed by atoms with Crippen molar-refractivity contribution in [3.63, 3.8) is 0 Å². The Bertz CT molecular complexity index is 1610. The summed E-state index contributed by atoms with van der Waals surface area (Å²) in [4.78, 5) is 81.8. The molecule has 1 heterocycles. The topological polar surface area (TPSA) is 166 Å². The zero-order chi connectivity index (χ0) is 38.4. The van der Waals surface area contributed by atoms with Crippen LogP contribution in [-0.2, 0) is 28.7 Å². The smallest absolute Gasteiger partial charge is 0.408 e. The molecule has 282 valence electrons.